The fraction of sp³-hybridized carbons (Fsp3) is 0.645. The molecule has 39 heavy (non-hydrogen) atoms. The number of aryl methyl sites for hydroxylation is 1. The zero-order valence-electron chi connectivity index (χ0n) is 25.1. The fourth-order valence-corrected chi connectivity index (χ4v) is 6.39. The van der Waals surface area contributed by atoms with Crippen molar-refractivity contribution in [3.05, 3.63) is 40.4 Å². The van der Waals surface area contributed by atoms with Crippen LogP contribution in [-0.2, 0) is 23.8 Å². The summed E-state index contributed by atoms with van der Waals surface area (Å²) in [5, 5.41) is 10.3. The largest absolute Gasteiger partial charge is 0.481 e. The van der Waals surface area contributed by atoms with Crippen molar-refractivity contribution in [2.24, 2.45) is 17.3 Å². The minimum Gasteiger partial charge on any atom is -0.481 e. The van der Waals surface area contributed by atoms with Gasteiger partial charge in [-0.2, -0.15) is 0 Å². The molecule has 0 saturated heterocycles. The number of hydrogen-bond acceptors (Lipinski definition) is 7. The number of carbonyl (C=O) groups is 2. The van der Waals surface area contributed by atoms with Crippen LogP contribution in [0.5, 0.6) is 0 Å². The predicted octanol–water partition coefficient (Wildman–Crippen LogP) is 7.17. The van der Waals surface area contributed by atoms with Gasteiger partial charge in [-0.3, -0.25) is 9.59 Å². The van der Waals surface area contributed by atoms with E-state index in [-0.39, 0.29) is 36.2 Å². The highest BCUT2D eigenvalue weighted by atomic mass is 32.1. The van der Waals surface area contributed by atoms with Crippen molar-refractivity contribution in [2.75, 3.05) is 21.3 Å². The van der Waals surface area contributed by atoms with E-state index in [1.165, 1.54) is 17.4 Å². The molecule has 1 heterocycles. The first-order valence-electron chi connectivity index (χ1n) is 13.7. The number of benzene rings is 1. The SMILES string of the molecule is COC(C(C)CCC/C(C)=C\C[C@H](OC)c1ccc2nc(C)sc2c1)C(C)C(=O)C(C)(C)C(CC(=O)O)OC. The molecular formula is C31H47NO6S. The van der Waals surface area contributed by atoms with Crippen LogP contribution < -0.4 is 0 Å². The third-order valence-corrected chi connectivity index (χ3v) is 8.84. The van der Waals surface area contributed by atoms with Crippen LogP contribution in [-0.4, -0.2) is 55.4 Å². The first-order valence-corrected chi connectivity index (χ1v) is 14.5. The number of Topliss-reactive ketones (excluding diaryl/α,β-unsaturated/α-hetero) is 1. The zero-order chi connectivity index (χ0) is 29.3. The number of thiazole rings is 1. The molecule has 0 radical (unpaired) electrons. The van der Waals surface area contributed by atoms with Crippen molar-refractivity contribution in [1.29, 1.82) is 0 Å². The Kier molecular flexibility index (Phi) is 12.7. The number of carboxylic acids is 1. The predicted molar refractivity (Wildman–Crippen MR) is 157 cm³/mol. The Hall–Kier alpha value is -2.13. The number of nitrogens with zero attached hydrogens (tertiary/aromatic N) is 1. The van der Waals surface area contributed by atoms with Gasteiger partial charge in [-0.1, -0.05) is 45.4 Å². The topological polar surface area (TPSA) is 95.0 Å². The number of carbonyl (C=O) groups excluding carboxylic acids is 1. The highest BCUT2D eigenvalue weighted by Crippen LogP contribution is 2.34. The van der Waals surface area contributed by atoms with E-state index in [9.17, 15) is 14.7 Å². The lowest BCUT2D eigenvalue weighted by atomic mass is 9.72. The molecule has 2 aromatic rings. The molecule has 0 aliphatic rings. The van der Waals surface area contributed by atoms with E-state index >= 15 is 0 Å². The van der Waals surface area contributed by atoms with E-state index < -0.39 is 17.5 Å². The van der Waals surface area contributed by atoms with Gasteiger partial charge in [0.05, 0.1) is 45.4 Å². The molecule has 0 amide bonds. The molecule has 0 bridgehead atoms. The van der Waals surface area contributed by atoms with Gasteiger partial charge < -0.3 is 19.3 Å². The number of ketones is 1. The van der Waals surface area contributed by atoms with Gasteiger partial charge in [-0.25, -0.2) is 4.98 Å². The third kappa shape index (κ3) is 8.93. The molecule has 0 fully saturated rings. The van der Waals surface area contributed by atoms with Gasteiger partial charge in [0.15, 0.2) is 0 Å². The molecule has 0 aliphatic carbocycles. The van der Waals surface area contributed by atoms with Crippen LogP contribution >= 0.6 is 11.3 Å². The quantitative estimate of drug-likeness (QED) is 0.205. The van der Waals surface area contributed by atoms with Crippen LogP contribution in [0.15, 0.2) is 29.8 Å². The molecule has 1 aromatic carbocycles. The minimum atomic E-state index is -0.983. The van der Waals surface area contributed by atoms with Crippen molar-refractivity contribution >= 4 is 33.3 Å². The molecule has 0 saturated carbocycles. The molecule has 1 aromatic heterocycles. The maximum absolute atomic E-state index is 13.4. The summed E-state index contributed by atoms with van der Waals surface area (Å²) in [6.45, 7) is 11.7. The van der Waals surface area contributed by atoms with Gasteiger partial charge in [0, 0.05) is 27.2 Å². The van der Waals surface area contributed by atoms with E-state index in [0.29, 0.717) is 0 Å². The number of carboxylic acid groups (broad SMARTS) is 1. The molecule has 1 N–H and O–H groups in total. The normalized spacial score (nSPS) is 16.6. The lowest BCUT2D eigenvalue weighted by molar-refractivity contribution is -0.150. The van der Waals surface area contributed by atoms with Gasteiger partial charge in [-0.15, -0.1) is 11.3 Å². The van der Waals surface area contributed by atoms with Crippen LogP contribution in [0.2, 0.25) is 0 Å². The number of ether oxygens (including phenoxy) is 3. The molecule has 218 valence electrons. The van der Waals surface area contributed by atoms with Crippen molar-refractivity contribution in [2.45, 2.75) is 92.0 Å². The molecule has 5 atom stereocenters. The summed E-state index contributed by atoms with van der Waals surface area (Å²) < 4.78 is 18.2. The van der Waals surface area contributed by atoms with Crippen molar-refractivity contribution in [1.82, 2.24) is 4.98 Å². The van der Waals surface area contributed by atoms with Gasteiger partial charge in [-0.05, 0) is 63.1 Å². The summed E-state index contributed by atoms with van der Waals surface area (Å²) in [6, 6.07) is 6.36. The van der Waals surface area contributed by atoms with Crippen LogP contribution in [0.4, 0.5) is 0 Å². The Balaban J connectivity index is 1.94. The summed E-state index contributed by atoms with van der Waals surface area (Å²) in [5.41, 5.74) is 2.57. The fourth-order valence-electron chi connectivity index (χ4n) is 5.52. The number of methoxy groups -OCH3 is 3. The standard InChI is InChI=1S/C31H47NO6S/c1-19(13-16-25(36-7)23-14-15-24-26(17-23)39-22(4)32-24)11-10-12-20(2)29(38-9)21(3)30(35)31(5,6)27(37-8)18-28(33)34/h13-15,17,20-21,25,27,29H,10-12,16,18H2,1-9H3,(H,33,34)/b19-13-/t20?,21?,25-,27?,29?/m0/s1. The third-order valence-electron chi connectivity index (χ3n) is 7.91. The lowest BCUT2D eigenvalue weighted by Crippen LogP contribution is -2.46. The second kappa shape index (κ2) is 15.0. The Morgan fingerprint density at radius 2 is 1.82 bits per heavy atom. The molecule has 0 spiro atoms. The second-order valence-corrected chi connectivity index (χ2v) is 12.5. The molecule has 8 heteroatoms. The van der Waals surface area contributed by atoms with Crippen molar-refractivity contribution < 1.29 is 28.9 Å². The van der Waals surface area contributed by atoms with Crippen molar-refractivity contribution in [3.8, 4) is 0 Å². The molecule has 0 aliphatic heterocycles. The first kappa shape index (κ1) is 33.1. The monoisotopic (exact) mass is 561 g/mol. The summed E-state index contributed by atoms with van der Waals surface area (Å²) in [7, 11) is 4.85. The Labute approximate surface area is 238 Å². The summed E-state index contributed by atoms with van der Waals surface area (Å²) in [4.78, 5) is 29.2. The average Bonchev–Trinajstić information content (AvgIpc) is 3.26. The van der Waals surface area contributed by atoms with Crippen LogP contribution in [0.1, 0.15) is 83.4 Å². The van der Waals surface area contributed by atoms with Gasteiger partial charge in [0.2, 0.25) is 0 Å². The smallest absolute Gasteiger partial charge is 0.306 e. The highest BCUT2D eigenvalue weighted by Gasteiger charge is 2.43. The molecule has 2 rings (SSSR count). The van der Waals surface area contributed by atoms with Gasteiger partial charge >= 0.3 is 5.97 Å². The number of aliphatic carboxylic acids is 1. The Bertz CT molecular complexity index is 1120. The van der Waals surface area contributed by atoms with Crippen LogP contribution in [0.3, 0.4) is 0 Å². The van der Waals surface area contributed by atoms with Gasteiger partial charge in [0.1, 0.15) is 5.78 Å². The Morgan fingerprint density at radius 1 is 1.13 bits per heavy atom. The average molecular weight is 562 g/mol. The summed E-state index contributed by atoms with van der Waals surface area (Å²) in [6.07, 6.45) is 4.75. The van der Waals surface area contributed by atoms with E-state index in [1.54, 1.807) is 39.4 Å². The van der Waals surface area contributed by atoms with Crippen molar-refractivity contribution in [3.63, 3.8) is 0 Å². The first-order chi connectivity index (χ1) is 18.3. The minimum absolute atomic E-state index is 0.00387. The number of aromatic nitrogens is 1. The van der Waals surface area contributed by atoms with E-state index in [2.05, 4.69) is 43.1 Å². The zero-order valence-corrected chi connectivity index (χ0v) is 25.9. The molecular weight excluding hydrogens is 514 g/mol. The van der Waals surface area contributed by atoms with E-state index in [0.717, 1.165) is 41.8 Å². The van der Waals surface area contributed by atoms with E-state index in [1.807, 2.05) is 13.8 Å². The van der Waals surface area contributed by atoms with Gasteiger partial charge in [0.25, 0.3) is 0 Å². The second-order valence-electron chi connectivity index (χ2n) is 11.2. The summed E-state index contributed by atoms with van der Waals surface area (Å²) >= 11 is 1.70. The number of rotatable bonds is 17. The number of hydrogen-bond donors (Lipinski definition) is 1. The maximum atomic E-state index is 13.4. The highest BCUT2D eigenvalue weighted by molar-refractivity contribution is 7.18. The van der Waals surface area contributed by atoms with Crippen LogP contribution in [0.25, 0.3) is 10.2 Å². The molecule has 4 unspecified atom stereocenters. The number of fused-ring (bicyclic) bond motifs is 1. The molecule has 7 nitrogen and oxygen atoms in total. The Morgan fingerprint density at radius 3 is 2.41 bits per heavy atom. The number of allylic oxidation sites excluding steroid dienone is 1. The van der Waals surface area contributed by atoms with E-state index in [4.69, 9.17) is 14.2 Å². The van der Waals surface area contributed by atoms with Crippen LogP contribution in [0, 0.1) is 24.2 Å². The lowest BCUT2D eigenvalue weighted by Gasteiger charge is -2.36. The maximum Gasteiger partial charge on any atom is 0.306 e. The summed E-state index contributed by atoms with van der Waals surface area (Å²) in [5.74, 6) is -1.24.